The standard InChI is InChI=1S/C4H10.C2H4N2O6/c1-3-4-2;5-3(6)9-1-2-10-4(7)8/h3-4H2,1-2H3;1-2H2. The fourth-order valence-electron chi connectivity index (χ4n) is 0.224. The first-order valence-electron chi connectivity index (χ1n) is 4.09. The third-order valence-corrected chi connectivity index (χ3v) is 0.977. The van der Waals surface area contributed by atoms with E-state index in [0.717, 1.165) is 0 Å². The largest absolute Gasteiger partial charge is 0.312 e. The van der Waals surface area contributed by atoms with Crippen molar-refractivity contribution in [1.82, 2.24) is 0 Å². The van der Waals surface area contributed by atoms with E-state index < -0.39 is 23.4 Å². The lowest BCUT2D eigenvalue weighted by Gasteiger charge is -1.95. The normalized spacial score (nSPS) is 8.14. The summed E-state index contributed by atoms with van der Waals surface area (Å²) in [6.45, 7) is 3.49. The summed E-state index contributed by atoms with van der Waals surface area (Å²) >= 11 is 0. The Hall–Kier alpha value is -1.60. The third-order valence-electron chi connectivity index (χ3n) is 0.977. The Morgan fingerprint density at radius 1 is 0.929 bits per heavy atom. The van der Waals surface area contributed by atoms with Crippen LogP contribution in [0.25, 0.3) is 0 Å². The average Bonchev–Trinajstić information content (AvgIpc) is 2.12. The molecule has 0 bridgehead atoms. The van der Waals surface area contributed by atoms with Crippen LogP contribution in [0.5, 0.6) is 0 Å². The molecule has 0 atom stereocenters. The van der Waals surface area contributed by atoms with E-state index in [1.165, 1.54) is 12.8 Å². The molecule has 0 aliphatic heterocycles. The number of unbranched alkanes of at least 4 members (excludes halogenated alkanes) is 1. The van der Waals surface area contributed by atoms with Gasteiger partial charge < -0.3 is 9.68 Å². The quantitative estimate of drug-likeness (QED) is 0.370. The number of nitrogens with zero attached hydrogens (tertiary/aromatic N) is 2. The van der Waals surface area contributed by atoms with E-state index in [1.807, 2.05) is 0 Å². The molecule has 0 spiro atoms. The Morgan fingerprint density at radius 3 is 1.36 bits per heavy atom. The molecule has 0 unspecified atom stereocenters. The molecule has 0 amide bonds. The second kappa shape index (κ2) is 11.4. The van der Waals surface area contributed by atoms with Gasteiger partial charge in [0.05, 0.1) is 0 Å². The van der Waals surface area contributed by atoms with E-state index in [0.29, 0.717) is 0 Å². The molecule has 8 heteroatoms. The highest BCUT2D eigenvalue weighted by Crippen LogP contribution is 1.78. The monoisotopic (exact) mass is 210 g/mol. The van der Waals surface area contributed by atoms with Crippen LogP contribution in [0.4, 0.5) is 0 Å². The van der Waals surface area contributed by atoms with Crippen molar-refractivity contribution in [3.8, 4) is 0 Å². The Kier molecular flexibility index (Phi) is 12.1. The lowest BCUT2D eigenvalue weighted by Crippen LogP contribution is -2.11. The predicted octanol–water partition coefficient (Wildman–Crippen LogP) is 1.21. The van der Waals surface area contributed by atoms with Gasteiger partial charge in [0.2, 0.25) is 0 Å². The molecule has 84 valence electrons. The van der Waals surface area contributed by atoms with E-state index >= 15 is 0 Å². The van der Waals surface area contributed by atoms with Gasteiger partial charge in [0.1, 0.15) is 13.2 Å². The van der Waals surface area contributed by atoms with Gasteiger partial charge in [0, 0.05) is 0 Å². The van der Waals surface area contributed by atoms with Crippen LogP contribution in [-0.2, 0) is 9.68 Å². The van der Waals surface area contributed by atoms with Crippen LogP contribution in [0.2, 0.25) is 0 Å². The summed E-state index contributed by atoms with van der Waals surface area (Å²) in [5.74, 6) is 0. The molecular weight excluding hydrogens is 196 g/mol. The molecule has 0 aliphatic carbocycles. The zero-order valence-electron chi connectivity index (χ0n) is 8.17. The SMILES string of the molecule is CCCC.O=[N+]([O-])OCCO[N+](=O)[O-]. The highest BCUT2D eigenvalue weighted by atomic mass is 17.0. The van der Waals surface area contributed by atoms with Crippen LogP contribution in [-0.4, -0.2) is 23.4 Å². The summed E-state index contributed by atoms with van der Waals surface area (Å²) < 4.78 is 0. The summed E-state index contributed by atoms with van der Waals surface area (Å²) in [6.07, 6.45) is 2.64. The summed E-state index contributed by atoms with van der Waals surface area (Å²) in [5, 5.41) is 16.7. The lowest BCUT2D eigenvalue weighted by molar-refractivity contribution is -0.780. The third kappa shape index (κ3) is 22.4. The molecule has 0 aromatic heterocycles. The molecule has 0 radical (unpaired) electrons. The van der Waals surface area contributed by atoms with E-state index in [2.05, 4.69) is 23.5 Å². The van der Waals surface area contributed by atoms with Crippen LogP contribution in [0.15, 0.2) is 0 Å². The average molecular weight is 210 g/mol. The topological polar surface area (TPSA) is 105 Å². The summed E-state index contributed by atoms with van der Waals surface area (Å²) in [7, 11) is 0. The van der Waals surface area contributed by atoms with Crippen LogP contribution in [0.1, 0.15) is 26.7 Å². The maximum Gasteiger partial charge on any atom is 0.294 e. The first-order chi connectivity index (χ1) is 6.54. The molecule has 0 fully saturated rings. The van der Waals surface area contributed by atoms with Crippen molar-refractivity contribution in [1.29, 1.82) is 0 Å². The van der Waals surface area contributed by atoms with Gasteiger partial charge in [-0.05, 0) is 0 Å². The van der Waals surface area contributed by atoms with Gasteiger partial charge in [-0.3, -0.25) is 0 Å². The van der Waals surface area contributed by atoms with Crippen molar-refractivity contribution in [2.75, 3.05) is 13.2 Å². The molecule has 0 aromatic rings. The zero-order chi connectivity index (χ0) is 11.4. The molecule has 0 aromatic carbocycles. The smallest absolute Gasteiger partial charge is 0.294 e. The molecule has 0 heterocycles. The Bertz CT molecular complexity index is 144. The van der Waals surface area contributed by atoms with Crippen molar-refractivity contribution >= 4 is 0 Å². The van der Waals surface area contributed by atoms with Gasteiger partial charge in [0.25, 0.3) is 10.2 Å². The molecule has 0 aliphatic rings. The van der Waals surface area contributed by atoms with Crippen LogP contribution in [0.3, 0.4) is 0 Å². The van der Waals surface area contributed by atoms with Gasteiger partial charge in [-0.2, -0.15) is 0 Å². The number of rotatable bonds is 6. The van der Waals surface area contributed by atoms with Crippen molar-refractivity contribution in [3.05, 3.63) is 20.2 Å². The molecule has 0 rings (SSSR count). The number of hydrogen-bond donors (Lipinski definition) is 0. The van der Waals surface area contributed by atoms with Crippen molar-refractivity contribution in [2.24, 2.45) is 0 Å². The molecular formula is C6H14N2O6. The van der Waals surface area contributed by atoms with Crippen molar-refractivity contribution in [2.45, 2.75) is 26.7 Å². The highest BCUT2D eigenvalue weighted by Gasteiger charge is 1.96. The summed E-state index contributed by atoms with van der Waals surface area (Å²) in [6, 6.07) is 0. The molecule has 0 saturated carbocycles. The fourth-order valence-corrected chi connectivity index (χ4v) is 0.224. The second-order valence-corrected chi connectivity index (χ2v) is 2.11. The van der Waals surface area contributed by atoms with Gasteiger partial charge in [-0.25, -0.2) is 0 Å². The number of hydrogen-bond acceptors (Lipinski definition) is 6. The van der Waals surface area contributed by atoms with Gasteiger partial charge in [-0.15, -0.1) is 20.2 Å². The molecule has 8 nitrogen and oxygen atoms in total. The van der Waals surface area contributed by atoms with Gasteiger partial charge in [-0.1, -0.05) is 26.7 Å². The molecule has 14 heavy (non-hydrogen) atoms. The van der Waals surface area contributed by atoms with Crippen molar-refractivity contribution < 1.29 is 19.8 Å². The Balaban J connectivity index is 0. The maximum absolute atomic E-state index is 9.40. The van der Waals surface area contributed by atoms with Gasteiger partial charge in [0.15, 0.2) is 0 Å². The highest BCUT2D eigenvalue weighted by molar-refractivity contribution is 4.15. The van der Waals surface area contributed by atoms with Gasteiger partial charge >= 0.3 is 0 Å². The van der Waals surface area contributed by atoms with Crippen LogP contribution >= 0.6 is 0 Å². The first-order valence-corrected chi connectivity index (χ1v) is 4.09. The minimum Gasteiger partial charge on any atom is -0.312 e. The van der Waals surface area contributed by atoms with Crippen LogP contribution in [0, 0.1) is 20.2 Å². The fraction of sp³-hybridized carbons (Fsp3) is 1.00. The van der Waals surface area contributed by atoms with E-state index in [1.54, 1.807) is 0 Å². The minimum atomic E-state index is -1.05. The molecule has 0 N–H and O–H groups in total. The first kappa shape index (κ1) is 14.9. The summed E-state index contributed by atoms with van der Waals surface area (Å²) in [5.41, 5.74) is 0. The van der Waals surface area contributed by atoms with Crippen LogP contribution < -0.4 is 0 Å². The van der Waals surface area contributed by atoms with E-state index in [9.17, 15) is 20.2 Å². The van der Waals surface area contributed by atoms with E-state index in [-0.39, 0.29) is 0 Å². The minimum absolute atomic E-state index is 0.437. The Morgan fingerprint density at radius 2 is 1.21 bits per heavy atom. The lowest BCUT2D eigenvalue weighted by atomic mass is 10.4. The summed E-state index contributed by atoms with van der Waals surface area (Å²) in [4.78, 5) is 26.2. The zero-order valence-corrected chi connectivity index (χ0v) is 8.17. The second-order valence-electron chi connectivity index (χ2n) is 2.11. The maximum atomic E-state index is 9.40. The molecule has 0 saturated heterocycles. The van der Waals surface area contributed by atoms with Crippen molar-refractivity contribution in [3.63, 3.8) is 0 Å². The van der Waals surface area contributed by atoms with E-state index in [4.69, 9.17) is 0 Å². The predicted molar refractivity (Wildman–Crippen MR) is 46.5 cm³/mol. The Labute approximate surface area is 81.0 Å².